The number of hydrogen-bond acceptors (Lipinski definition) is 11. The van der Waals surface area contributed by atoms with Crippen molar-refractivity contribution >= 4 is 33.7 Å². The van der Waals surface area contributed by atoms with E-state index in [9.17, 15) is 8.76 Å². The normalized spacial score (nSPS) is 15.8. The van der Waals surface area contributed by atoms with E-state index < -0.39 is 11.1 Å². The van der Waals surface area contributed by atoms with Gasteiger partial charge in [-0.3, -0.25) is 14.0 Å². The summed E-state index contributed by atoms with van der Waals surface area (Å²) in [7, 11) is 1.57. The van der Waals surface area contributed by atoms with Crippen LogP contribution in [0.2, 0.25) is 0 Å². The minimum absolute atomic E-state index is 0.0768. The second kappa shape index (κ2) is 10.6. The van der Waals surface area contributed by atoms with Gasteiger partial charge in [-0.2, -0.15) is 0 Å². The summed E-state index contributed by atoms with van der Waals surface area (Å²) in [6.07, 6.45) is 5.14. The fourth-order valence-electron chi connectivity index (χ4n) is 4.21. The third-order valence-corrected chi connectivity index (χ3v) is 6.54. The van der Waals surface area contributed by atoms with E-state index in [1.165, 1.54) is 0 Å². The second-order valence-electron chi connectivity index (χ2n) is 8.50. The van der Waals surface area contributed by atoms with Crippen LogP contribution in [0.3, 0.4) is 0 Å². The highest BCUT2D eigenvalue weighted by Gasteiger charge is 2.20. The van der Waals surface area contributed by atoms with Gasteiger partial charge in [0.05, 0.1) is 31.2 Å². The number of nitrogens with zero attached hydrogens (tertiary/aromatic N) is 7. The first-order valence-electron chi connectivity index (χ1n) is 11.4. The van der Waals surface area contributed by atoms with E-state index in [4.69, 9.17) is 14.7 Å². The predicted octanol–water partition coefficient (Wildman–Crippen LogP) is 1.82. The number of imidazole rings is 1. The molecule has 36 heavy (non-hydrogen) atoms. The predicted molar refractivity (Wildman–Crippen MR) is 134 cm³/mol. The van der Waals surface area contributed by atoms with Crippen LogP contribution in [0, 0.1) is 6.92 Å². The van der Waals surface area contributed by atoms with E-state index in [2.05, 4.69) is 36.2 Å². The molecule has 4 aromatic heterocycles. The number of rotatable bonds is 8. The number of methoxy groups -OCH3 is 1. The molecule has 0 aliphatic carbocycles. The third-order valence-electron chi connectivity index (χ3n) is 5.96. The summed E-state index contributed by atoms with van der Waals surface area (Å²) in [5.74, 6) is 1.84. The highest BCUT2D eigenvalue weighted by molar-refractivity contribution is 7.79. The molecule has 5 heterocycles. The van der Waals surface area contributed by atoms with Gasteiger partial charge < -0.3 is 19.6 Å². The second-order valence-corrected chi connectivity index (χ2v) is 9.37. The first kappa shape index (κ1) is 24.2. The van der Waals surface area contributed by atoms with Crippen LogP contribution in [0.25, 0.3) is 22.4 Å². The number of aromatic nitrogens is 6. The zero-order chi connectivity index (χ0) is 25.1. The molecule has 0 aromatic carbocycles. The number of aryl methyl sites for hydroxylation is 1. The van der Waals surface area contributed by atoms with Gasteiger partial charge in [-0.1, -0.05) is 0 Å². The maximum Gasteiger partial charge on any atom is 0.213 e. The molecule has 1 aliphatic heterocycles. The fourth-order valence-corrected chi connectivity index (χ4v) is 4.76. The number of anilines is 2. The van der Waals surface area contributed by atoms with Crippen molar-refractivity contribution in [2.45, 2.75) is 13.5 Å². The monoisotopic (exact) mass is 508 g/mol. The molecule has 1 unspecified atom stereocenters. The molecule has 1 atom stereocenters. The summed E-state index contributed by atoms with van der Waals surface area (Å²) in [4.78, 5) is 29.9. The number of hydrogen-bond donors (Lipinski definition) is 2. The Hall–Kier alpha value is -3.52. The van der Waals surface area contributed by atoms with Gasteiger partial charge in [-0.15, -0.1) is 0 Å². The molecule has 13 heteroatoms. The number of nitrogens with one attached hydrogen (secondary N) is 2. The lowest BCUT2D eigenvalue weighted by molar-refractivity contribution is 0.141. The molecule has 4 aromatic rings. The van der Waals surface area contributed by atoms with Crippen LogP contribution in [0.4, 0.5) is 11.5 Å². The molecule has 188 valence electrons. The van der Waals surface area contributed by atoms with Gasteiger partial charge in [0.25, 0.3) is 0 Å². The summed E-state index contributed by atoms with van der Waals surface area (Å²) in [5.41, 5.74) is 4.62. The highest BCUT2D eigenvalue weighted by atomic mass is 32.2. The Morgan fingerprint density at radius 3 is 2.64 bits per heavy atom. The van der Waals surface area contributed by atoms with E-state index in [-0.39, 0.29) is 5.88 Å². The van der Waals surface area contributed by atoms with Crippen molar-refractivity contribution in [2.75, 3.05) is 44.5 Å². The number of fused-ring (bicyclic) bond motifs is 1. The van der Waals surface area contributed by atoms with Gasteiger partial charge in [0.1, 0.15) is 22.9 Å². The van der Waals surface area contributed by atoms with Crippen LogP contribution >= 0.6 is 0 Å². The Balaban J connectivity index is 1.45. The van der Waals surface area contributed by atoms with Gasteiger partial charge in [-0.05, 0) is 35.7 Å². The maximum absolute atomic E-state index is 11.0. The van der Waals surface area contributed by atoms with Crippen molar-refractivity contribution in [3.05, 3.63) is 48.3 Å². The van der Waals surface area contributed by atoms with Crippen LogP contribution in [-0.2, 0) is 17.6 Å². The third kappa shape index (κ3) is 5.49. The molecule has 0 spiro atoms. The first-order valence-corrected chi connectivity index (χ1v) is 12.7. The Kier molecular flexibility index (Phi) is 7.13. The Morgan fingerprint density at radius 1 is 1.11 bits per heavy atom. The molecule has 1 aliphatic rings. The molecular weight excluding hydrogens is 482 g/mol. The summed E-state index contributed by atoms with van der Waals surface area (Å²) in [5, 5.41) is 3.35. The molecular formula is C23H26N9O3S-. The highest BCUT2D eigenvalue weighted by Crippen LogP contribution is 2.32. The van der Waals surface area contributed by atoms with Crippen molar-refractivity contribution in [3.8, 4) is 17.1 Å². The first-order chi connectivity index (χ1) is 17.5. The van der Waals surface area contributed by atoms with Crippen molar-refractivity contribution in [2.24, 2.45) is 0 Å². The van der Waals surface area contributed by atoms with E-state index in [1.807, 2.05) is 24.1 Å². The fraction of sp³-hybridized carbons (Fsp3) is 0.348. The van der Waals surface area contributed by atoms with Crippen LogP contribution < -0.4 is 10.1 Å². The van der Waals surface area contributed by atoms with Gasteiger partial charge in [0, 0.05) is 50.6 Å². The minimum Gasteiger partial charge on any atom is -0.771 e. The number of aromatic amines is 1. The molecule has 0 saturated carbocycles. The topological polar surface area (TPSA) is 148 Å². The zero-order valence-corrected chi connectivity index (χ0v) is 20.8. The summed E-state index contributed by atoms with van der Waals surface area (Å²) in [6.45, 7) is 5.50. The Labute approximate surface area is 210 Å². The van der Waals surface area contributed by atoms with Gasteiger partial charge in [-0.25, -0.2) is 24.9 Å². The molecule has 5 rings (SSSR count). The van der Waals surface area contributed by atoms with Crippen molar-refractivity contribution in [3.63, 3.8) is 0 Å². The molecule has 0 bridgehead atoms. The van der Waals surface area contributed by atoms with Crippen LogP contribution in [-0.4, -0.2) is 87.6 Å². The smallest absolute Gasteiger partial charge is 0.213 e. The summed E-state index contributed by atoms with van der Waals surface area (Å²) >= 11 is -2.06. The van der Waals surface area contributed by atoms with Crippen LogP contribution in [0.15, 0.2) is 36.9 Å². The lowest BCUT2D eigenvalue weighted by Crippen LogP contribution is -2.46. The number of ether oxygens (including phenoxy) is 1. The van der Waals surface area contributed by atoms with Gasteiger partial charge in [0.15, 0.2) is 5.65 Å². The van der Waals surface area contributed by atoms with Crippen LogP contribution in [0.5, 0.6) is 5.88 Å². The average Bonchev–Trinajstić information content (AvgIpc) is 3.34. The maximum atomic E-state index is 11.0. The summed E-state index contributed by atoms with van der Waals surface area (Å²) < 4.78 is 27.2. The largest absolute Gasteiger partial charge is 0.771 e. The van der Waals surface area contributed by atoms with E-state index >= 15 is 0 Å². The number of pyridine rings is 2. The van der Waals surface area contributed by atoms with Crippen molar-refractivity contribution < 1.29 is 13.5 Å². The number of piperazine rings is 1. The molecule has 1 fully saturated rings. The zero-order valence-electron chi connectivity index (χ0n) is 20.0. The quantitative estimate of drug-likeness (QED) is 0.336. The Morgan fingerprint density at radius 2 is 1.92 bits per heavy atom. The van der Waals surface area contributed by atoms with E-state index in [1.54, 1.807) is 25.7 Å². The standard InChI is InChI=1S/C23H27N9O3S/c1-15-28-20(21-23(29-15)27-13-26-21)18-9-16(12-31-5-7-32(8-6-31)14-36(33)34)10-25-22(18)30-17-3-4-19(35-2)24-11-17/h3-4,9-11,13H,5-8,12,14H2,1-2H3,(H,25,30)(H,33,34)(H,26,27,28,29)/p-1. The lowest BCUT2D eigenvalue weighted by atomic mass is 10.1. The van der Waals surface area contributed by atoms with Crippen LogP contribution in [0.1, 0.15) is 11.4 Å². The molecule has 12 nitrogen and oxygen atoms in total. The van der Waals surface area contributed by atoms with Gasteiger partial charge >= 0.3 is 0 Å². The van der Waals surface area contributed by atoms with Crippen molar-refractivity contribution in [1.82, 2.24) is 39.7 Å². The average molecular weight is 509 g/mol. The molecule has 0 amide bonds. The van der Waals surface area contributed by atoms with E-state index in [0.717, 1.165) is 35.4 Å². The SMILES string of the molecule is COc1ccc(Nc2ncc(CN3CCN(CS(=O)[O-])CC3)cc2-c2nc(C)nc3nc[nH]c23)cn1. The summed E-state index contributed by atoms with van der Waals surface area (Å²) in [6, 6.07) is 5.73. The lowest BCUT2D eigenvalue weighted by Gasteiger charge is -2.35. The Bertz CT molecular complexity index is 1370. The molecule has 0 radical (unpaired) electrons. The van der Waals surface area contributed by atoms with Gasteiger partial charge in [0.2, 0.25) is 5.88 Å². The molecule has 2 N–H and O–H groups in total. The molecule has 1 saturated heterocycles. The number of H-pyrrole nitrogens is 1. The van der Waals surface area contributed by atoms with Crippen molar-refractivity contribution in [1.29, 1.82) is 0 Å². The minimum atomic E-state index is -2.06. The van der Waals surface area contributed by atoms with E-state index in [0.29, 0.717) is 48.5 Å².